The van der Waals surface area contributed by atoms with Crippen LogP contribution in [0.2, 0.25) is 0 Å². The van der Waals surface area contributed by atoms with Crippen molar-refractivity contribution in [3.63, 3.8) is 0 Å². The molecule has 8 heteroatoms. The quantitative estimate of drug-likeness (QED) is 0.479. The lowest BCUT2D eigenvalue weighted by Crippen LogP contribution is -2.25. The Morgan fingerprint density at radius 1 is 1.00 bits per heavy atom. The van der Waals surface area contributed by atoms with Crippen molar-refractivity contribution < 1.29 is 17.9 Å². The van der Waals surface area contributed by atoms with E-state index in [0.29, 0.717) is 13.2 Å². The molecule has 2 aromatic carbocycles. The molecule has 0 aliphatic rings. The van der Waals surface area contributed by atoms with E-state index in [1.54, 1.807) is 12.1 Å². The van der Waals surface area contributed by atoms with E-state index in [2.05, 4.69) is 10.0 Å². The van der Waals surface area contributed by atoms with Gasteiger partial charge in [0.05, 0.1) is 17.6 Å². The van der Waals surface area contributed by atoms with E-state index in [0.717, 1.165) is 16.0 Å². The third kappa shape index (κ3) is 6.73. The van der Waals surface area contributed by atoms with Gasteiger partial charge in [-0.15, -0.1) is 11.3 Å². The van der Waals surface area contributed by atoms with Gasteiger partial charge in [-0.05, 0) is 54.6 Å². The molecule has 1 heterocycles. The molecule has 0 spiro atoms. The van der Waals surface area contributed by atoms with Crippen LogP contribution in [0.5, 0.6) is 0 Å². The lowest BCUT2D eigenvalue weighted by Gasteiger charge is -2.13. The first-order chi connectivity index (χ1) is 14.8. The molecule has 0 saturated carbocycles. The van der Waals surface area contributed by atoms with E-state index in [1.165, 1.54) is 23.5 Å². The van der Waals surface area contributed by atoms with Crippen molar-refractivity contribution in [2.45, 2.75) is 44.5 Å². The molecule has 0 fully saturated rings. The highest BCUT2D eigenvalue weighted by Gasteiger charge is 2.16. The molecule has 2 N–H and O–H groups in total. The first-order valence-electron chi connectivity index (χ1n) is 9.94. The number of amides is 1. The number of nitrogens with one attached hydrogen (secondary N) is 2. The summed E-state index contributed by atoms with van der Waals surface area (Å²) in [4.78, 5) is 13.6. The minimum Gasteiger partial charge on any atom is -0.374 e. The number of benzene rings is 2. The van der Waals surface area contributed by atoms with Gasteiger partial charge in [-0.1, -0.05) is 36.4 Å². The minimum absolute atomic E-state index is 0.0578. The molecular weight excluding hydrogens is 432 g/mol. The van der Waals surface area contributed by atoms with Crippen LogP contribution in [-0.2, 0) is 34.5 Å². The van der Waals surface area contributed by atoms with Crippen LogP contribution in [0, 0.1) is 0 Å². The first kappa shape index (κ1) is 23.1. The van der Waals surface area contributed by atoms with E-state index in [1.807, 2.05) is 55.6 Å². The van der Waals surface area contributed by atoms with E-state index in [-0.39, 0.29) is 29.0 Å². The predicted octanol–water partition coefficient (Wildman–Crippen LogP) is 4.08. The minimum atomic E-state index is -3.72. The molecule has 0 aliphatic heterocycles. The zero-order chi connectivity index (χ0) is 22.3. The van der Waals surface area contributed by atoms with Gasteiger partial charge in [0, 0.05) is 23.5 Å². The molecule has 0 unspecified atom stereocenters. The highest BCUT2D eigenvalue weighted by Crippen LogP contribution is 2.15. The van der Waals surface area contributed by atoms with Crippen molar-refractivity contribution in [2.24, 2.45) is 0 Å². The third-order valence-electron chi connectivity index (χ3n) is 4.55. The molecule has 0 aliphatic carbocycles. The highest BCUT2D eigenvalue weighted by atomic mass is 32.2. The number of hydrogen-bond acceptors (Lipinski definition) is 5. The highest BCUT2D eigenvalue weighted by molar-refractivity contribution is 7.89. The summed E-state index contributed by atoms with van der Waals surface area (Å²) < 4.78 is 33.4. The smallest absolute Gasteiger partial charge is 0.251 e. The van der Waals surface area contributed by atoms with Crippen molar-refractivity contribution in [3.05, 3.63) is 87.6 Å². The zero-order valence-corrected chi connectivity index (χ0v) is 19.1. The molecule has 0 atom stereocenters. The van der Waals surface area contributed by atoms with Gasteiger partial charge in [-0.3, -0.25) is 4.79 Å². The van der Waals surface area contributed by atoms with E-state index >= 15 is 0 Å². The Labute approximate surface area is 187 Å². The molecule has 3 rings (SSSR count). The number of rotatable bonds is 10. The van der Waals surface area contributed by atoms with Crippen LogP contribution < -0.4 is 10.0 Å². The molecule has 31 heavy (non-hydrogen) atoms. The third-order valence-corrected chi connectivity index (χ3v) is 6.83. The summed E-state index contributed by atoms with van der Waals surface area (Å²) >= 11 is 1.48. The summed E-state index contributed by atoms with van der Waals surface area (Å²) in [5, 5.41) is 4.76. The van der Waals surface area contributed by atoms with E-state index in [4.69, 9.17) is 4.74 Å². The van der Waals surface area contributed by atoms with Gasteiger partial charge in [-0.25, -0.2) is 13.1 Å². The molecule has 3 aromatic rings. The summed E-state index contributed by atoms with van der Waals surface area (Å²) in [6.07, 6.45) is 0.112. The Hall–Kier alpha value is -2.52. The fourth-order valence-electron chi connectivity index (χ4n) is 2.87. The second-order valence-electron chi connectivity index (χ2n) is 7.24. The van der Waals surface area contributed by atoms with Crippen LogP contribution in [0.4, 0.5) is 0 Å². The van der Waals surface area contributed by atoms with Crippen molar-refractivity contribution in [1.82, 2.24) is 10.0 Å². The standard InChI is InChI=1S/C23H26N2O4S2/c1-17(2)29-16-20-8-4-3-7-19(20)14-24-23(26)18-9-5-11-22(13-18)31(27,28)25-15-21-10-6-12-30-21/h3-13,17,25H,14-16H2,1-2H3,(H,24,26). The topological polar surface area (TPSA) is 84.5 Å². The monoisotopic (exact) mass is 458 g/mol. The molecular formula is C23H26N2O4S2. The number of carbonyl (C=O) groups is 1. The average molecular weight is 459 g/mol. The second kappa shape index (κ2) is 10.7. The molecule has 0 radical (unpaired) electrons. The fraction of sp³-hybridized carbons (Fsp3) is 0.261. The maximum atomic E-state index is 12.7. The normalized spacial score (nSPS) is 11.6. The number of thiophene rings is 1. The van der Waals surface area contributed by atoms with Gasteiger partial charge in [-0.2, -0.15) is 0 Å². The van der Waals surface area contributed by atoms with Gasteiger partial charge < -0.3 is 10.1 Å². The summed E-state index contributed by atoms with van der Waals surface area (Å²) in [6, 6.07) is 17.5. The van der Waals surface area contributed by atoms with Crippen LogP contribution in [0.25, 0.3) is 0 Å². The van der Waals surface area contributed by atoms with Crippen LogP contribution in [-0.4, -0.2) is 20.4 Å². The van der Waals surface area contributed by atoms with Gasteiger partial charge in [0.1, 0.15) is 0 Å². The number of hydrogen-bond donors (Lipinski definition) is 2. The average Bonchev–Trinajstić information content (AvgIpc) is 3.29. The van der Waals surface area contributed by atoms with Gasteiger partial charge in [0.25, 0.3) is 5.91 Å². The lowest BCUT2D eigenvalue weighted by atomic mass is 10.1. The number of ether oxygens (including phenoxy) is 1. The van der Waals surface area contributed by atoms with Crippen molar-refractivity contribution >= 4 is 27.3 Å². The van der Waals surface area contributed by atoms with Gasteiger partial charge in [0.2, 0.25) is 10.0 Å². The van der Waals surface area contributed by atoms with Gasteiger partial charge >= 0.3 is 0 Å². The van der Waals surface area contributed by atoms with Crippen molar-refractivity contribution in [1.29, 1.82) is 0 Å². The lowest BCUT2D eigenvalue weighted by molar-refractivity contribution is 0.0651. The molecule has 1 aromatic heterocycles. The summed E-state index contributed by atoms with van der Waals surface area (Å²) in [5.41, 5.74) is 2.25. The maximum absolute atomic E-state index is 12.7. The summed E-state index contributed by atoms with van der Waals surface area (Å²) in [5.74, 6) is -0.338. The van der Waals surface area contributed by atoms with Crippen molar-refractivity contribution in [2.75, 3.05) is 0 Å². The van der Waals surface area contributed by atoms with Crippen molar-refractivity contribution in [3.8, 4) is 0 Å². The number of sulfonamides is 1. The van der Waals surface area contributed by atoms with Crippen LogP contribution in [0.1, 0.15) is 40.2 Å². The van der Waals surface area contributed by atoms with Gasteiger partial charge in [0.15, 0.2) is 0 Å². The predicted molar refractivity (Wildman–Crippen MR) is 122 cm³/mol. The number of carbonyl (C=O) groups excluding carboxylic acids is 1. The largest absolute Gasteiger partial charge is 0.374 e. The SMILES string of the molecule is CC(C)OCc1ccccc1CNC(=O)c1cccc(S(=O)(=O)NCc2cccs2)c1. The Kier molecular flexibility index (Phi) is 7.97. The Morgan fingerprint density at radius 3 is 2.48 bits per heavy atom. The fourth-order valence-corrected chi connectivity index (χ4v) is 4.66. The summed E-state index contributed by atoms with van der Waals surface area (Å²) in [7, 11) is -3.72. The Balaban J connectivity index is 1.65. The zero-order valence-electron chi connectivity index (χ0n) is 17.5. The molecule has 0 saturated heterocycles. The van der Waals surface area contributed by atoms with Crippen LogP contribution in [0.15, 0.2) is 70.9 Å². The summed E-state index contributed by atoms with van der Waals surface area (Å²) in [6.45, 7) is 4.95. The molecule has 6 nitrogen and oxygen atoms in total. The Bertz CT molecular complexity index is 1110. The van der Waals surface area contributed by atoms with E-state index in [9.17, 15) is 13.2 Å². The molecule has 164 valence electrons. The second-order valence-corrected chi connectivity index (χ2v) is 10.0. The molecule has 1 amide bonds. The maximum Gasteiger partial charge on any atom is 0.251 e. The first-order valence-corrected chi connectivity index (χ1v) is 12.3. The van der Waals surface area contributed by atoms with Crippen LogP contribution in [0.3, 0.4) is 0 Å². The molecule has 0 bridgehead atoms. The van der Waals surface area contributed by atoms with E-state index < -0.39 is 10.0 Å². The van der Waals surface area contributed by atoms with Crippen LogP contribution >= 0.6 is 11.3 Å². The Morgan fingerprint density at radius 2 is 1.77 bits per heavy atom.